The first-order valence-electron chi connectivity index (χ1n) is 5.42. The van der Waals surface area contributed by atoms with Crippen LogP contribution in [-0.2, 0) is 0 Å². The topological polar surface area (TPSA) is 29.1 Å². The van der Waals surface area contributed by atoms with Gasteiger partial charge in [-0.2, -0.15) is 0 Å². The van der Waals surface area contributed by atoms with E-state index in [1.807, 2.05) is 6.92 Å². The largest absolute Gasteiger partial charge is 0.352 e. The van der Waals surface area contributed by atoms with E-state index in [4.69, 9.17) is 23.2 Å². The summed E-state index contributed by atoms with van der Waals surface area (Å²) in [5.41, 5.74) is -0.114. The summed E-state index contributed by atoms with van der Waals surface area (Å²) in [4.78, 5) is 11.7. The van der Waals surface area contributed by atoms with Gasteiger partial charge < -0.3 is 5.32 Å². The Bertz CT molecular complexity index is 378. The van der Waals surface area contributed by atoms with E-state index in [2.05, 4.69) is 5.32 Å². The molecule has 1 unspecified atom stereocenters. The average Bonchev–Trinajstić information content (AvgIpc) is 2.28. The molecule has 1 aromatic carbocycles. The highest BCUT2D eigenvalue weighted by Crippen LogP contribution is 2.18. The second-order valence-electron chi connectivity index (χ2n) is 3.65. The third-order valence-electron chi connectivity index (χ3n) is 2.38. The zero-order valence-corrected chi connectivity index (χ0v) is 11.0. The summed E-state index contributed by atoms with van der Waals surface area (Å²) in [5.74, 6) is -1.12. The van der Waals surface area contributed by atoms with Crippen LogP contribution >= 0.6 is 23.2 Å². The van der Waals surface area contributed by atoms with Crippen LogP contribution < -0.4 is 5.32 Å². The first-order valence-corrected chi connectivity index (χ1v) is 6.24. The molecule has 0 radical (unpaired) electrons. The highest BCUT2D eigenvalue weighted by atomic mass is 35.5. The molecule has 0 saturated heterocycles. The van der Waals surface area contributed by atoms with Gasteiger partial charge in [0, 0.05) is 11.9 Å². The quantitative estimate of drug-likeness (QED) is 0.819. The molecule has 0 fully saturated rings. The van der Waals surface area contributed by atoms with Gasteiger partial charge in [-0.3, -0.25) is 4.79 Å². The number of carbonyl (C=O) groups excluding carboxylic acids is 1. The van der Waals surface area contributed by atoms with Crippen molar-refractivity contribution in [1.29, 1.82) is 0 Å². The van der Waals surface area contributed by atoms with Crippen molar-refractivity contribution in [1.82, 2.24) is 5.32 Å². The van der Waals surface area contributed by atoms with E-state index >= 15 is 0 Å². The number of benzene rings is 1. The molecular weight excluding hydrogens is 264 g/mol. The van der Waals surface area contributed by atoms with Gasteiger partial charge in [0.1, 0.15) is 5.82 Å². The number of hydrogen-bond acceptors (Lipinski definition) is 1. The minimum Gasteiger partial charge on any atom is -0.352 e. The number of carbonyl (C=O) groups is 1. The lowest BCUT2D eigenvalue weighted by Gasteiger charge is -2.09. The van der Waals surface area contributed by atoms with Gasteiger partial charge in [0.15, 0.2) is 0 Å². The smallest absolute Gasteiger partial charge is 0.255 e. The Kier molecular flexibility index (Phi) is 5.72. The number of alkyl halides is 1. The molecule has 17 heavy (non-hydrogen) atoms. The summed E-state index contributed by atoms with van der Waals surface area (Å²) in [6, 6.07) is 4.15. The molecule has 1 N–H and O–H groups in total. The van der Waals surface area contributed by atoms with Crippen LogP contribution in [0.2, 0.25) is 5.02 Å². The van der Waals surface area contributed by atoms with Crippen molar-refractivity contribution < 1.29 is 9.18 Å². The van der Waals surface area contributed by atoms with Crippen molar-refractivity contribution in [2.24, 2.45) is 0 Å². The highest BCUT2D eigenvalue weighted by Gasteiger charge is 2.15. The van der Waals surface area contributed by atoms with Crippen LogP contribution in [-0.4, -0.2) is 17.8 Å². The Balaban J connectivity index is 2.59. The SMILES string of the molecule is CCC(Cl)CCNC(=O)c1c(F)cccc1Cl. The van der Waals surface area contributed by atoms with E-state index in [0.29, 0.717) is 13.0 Å². The third kappa shape index (κ3) is 4.17. The summed E-state index contributed by atoms with van der Waals surface area (Å²) in [6.07, 6.45) is 1.48. The second kappa shape index (κ2) is 6.82. The van der Waals surface area contributed by atoms with E-state index in [1.165, 1.54) is 18.2 Å². The maximum atomic E-state index is 13.4. The van der Waals surface area contributed by atoms with E-state index < -0.39 is 11.7 Å². The van der Waals surface area contributed by atoms with Crippen molar-refractivity contribution in [3.05, 3.63) is 34.6 Å². The van der Waals surface area contributed by atoms with Crippen LogP contribution in [0.1, 0.15) is 30.1 Å². The number of rotatable bonds is 5. The Morgan fingerprint density at radius 1 is 1.53 bits per heavy atom. The molecule has 0 heterocycles. The lowest BCUT2D eigenvalue weighted by atomic mass is 10.2. The summed E-state index contributed by atoms with van der Waals surface area (Å²) < 4.78 is 13.4. The number of hydrogen-bond donors (Lipinski definition) is 1. The monoisotopic (exact) mass is 277 g/mol. The van der Waals surface area contributed by atoms with Crippen LogP contribution in [0.25, 0.3) is 0 Å². The van der Waals surface area contributed by atoms with Crippen LogP contribution in [0.5, 0.6) is 0 Å². The molecule has 2 nitrogen and oxygen atoms in total. The minimum atomic E-state index is -0.618. The van der Waals surface area contributed by atoms with Crippen molar-refractivity contribution in [2.45, 2.75) is 25.1 Å². The van der Waals surface area contributed by atoms with E-state index in [-0.39, 0.29) is 16.0 Å². The van der Waals surface area contributed by atoms with Gasteiger partial charge in [-0.15, -0.1) is 11.6 Å². The fourth-order valence-electron chi connectivity index (χ4n) is 1.35. The number of amides is 1. The molecule has 0 bridgehead atoms. The van der Waals surface area contributed by atoms with Crippen LogP contribution in [0.3, 0.4) is 0 Å². The lowest BCUT2D eigenvalue weighted by molar-refractivity contribution is 0.0949. The average molecular weight is 278 g/mol. The van der Waals surface area contributed by atoms with Gasteiger partial charge in [-0.1, -0.05) is 24.6 Å². The molecule has 1 aromatic rings. The summed E-state index contributed by atoms with van der Waals surface area (Å²) in [5, 5.41) is 2.73. The molecule has 1 rings (SSSR count). The minimum absolute atomic E-state index is 0.0198. The molecule has 0 aliphatic carbocycles. The van der Waals surface area contributed by atoms with Gasteiger partial charge >= 0.3 is 0 Å². The molecule has 0 aromatic heterocycles. The lowest BCUT2D eigenvalue weighted by Crippen LogP contribution is -2.27. The van der Waals surface area contributed by atoms with Crippen molar-refractivity contribution in [3.63, 3.8) is 0 Å². The molecule has 0 saturated carbocycles. The van der Waals surface area contributed by atoms with E-state index in [9.17, 15) is 9.18 Å². The van der Waals surface area contributed by atoms with Crippen LogP contribution in [0, 0.1) is 5.82 Å². The van der Waals surface area contributed by atoms with Crippen LogP contribution in [0.15, 0.2) is 18.2 Å². The normalized spacial score (nSPS) is 12.2. The second-order valence-corrected chi connectivity index (χ2v) is 4.67. The van der Waals surface area contributed by atoms with Gasteiger partial charge in [-0.25, -0.2) is 4.39 Å². The zero-order chi connectivity index (χ0) is 12.8. The van der Waals surface area contributed by atoms with Gasteiger partial charge in [-0.05, 0) is 25.0 Å². The highest BCUT2D eigenvalue weighted by molar-refractivity contribution is 6.33. The first kappa shape index (κ1) is 14.3. The predicted molar refractivity (Wildman–Crippen MR) is 68.3 cm³/mol. The van der Waals surface area contributed by atoms with Crippen molar-refractivity contribution in [2.75, 3.05) is 6.54 Å². The summed E-state index contributed by atoms with van der Waals surface area (Å²) in [6.45, 7) is 2.37. The standard InChI is InChI=1S/C12H14Cl2FNO/c1-2-8(13)6-7-16-12(17)11-9(14)4-3-5-10(11)15/h3-5,8H,2,6-7H2,1H3,(H,16,17). The third-order valence-corrected chi connectivity index (χ3v) is 3.22. The Morgan fingerprint density at radius 3 is 2.82 bits per heavy atom. The predicted octanol–water partition coefficient (Wildman–Crippen LogP) is 3.62. The van der Waals surface area contributed by atoms with Crippen molar-refractivity contribution in [3.8, 4) is 0 Å². The van der Waals surface area contributed by atoms with Crippen LogP contribution in [0.4, 0.5) is 4.39 Å². The molecule has 5 heteroatoms. The molecule has 0 spiro atoms. The molecule has 0 aliphatic heterocycles. The first-order chi connectivity index (χ1) is 8.06. The fraction of sp³-hybridized carbons (Fsp3) is 0.417. The summed E-state index contributed by atoms with van der Waals surface area (Å²) in [7, 11) is 0. The Hall–Kier alpha value is -0.800. The molecular formula is C12H14Cl2FNO. The molecule has 94 valence electrons. The zero-order valence-electron chi connectivity index (χ0n) is 9.47. The number of halogens is 3. The molecule has 0 aliphatic rings. The fourth-order valence-corrected chi connectivity index (χ4v) is 1.71. The van der Waals surface area contributed by atoms with E-state index in [0.717, 1.165) is 6.42 Å². The maximum absolute atomic E-state index is 13.4. The maximum Gasteiger partial charge on any atom is 0.255 e. The number of nitrogens with one attached hydrogen (secondary N) is 1. The Labute approximate surface area is 110 Å². The van der Waals surface area contributed by atoms with Crippen molar-refractivity contribution >= 4 is 29.1 Å². The molecule has 1 amide bonds. The van der Waals surface area contributed by atoms with Gasteiger partial charge in [0.05, 0.1) is 10.6 Å². The Morgan fingerprint density at radius 2 is 2.24 bits per heavy atom. The van der Waals surface area contributed by atoms with Gasteiger partial charge in [0.25, 0.3) is 5.91 Å². The van der Waals surface area contributed by atoms with E-state index in [1.54, 1.807) is 0 Å². The summed E-state index contributed by atoms with van der Waals surface area (Å²) >= 11 is 11.7. The van der Waals surface area contributed by atoms with Gasteiger partial charge in [0.2, 0.25) is 0 Å². The molecule has 1 atom stereocenters.